The monoisotopic (exact) mass is 820 g/mol. The molecule has 0 atom stereocenters. The molecule has 0 unspecified atom stereocenters. The average molecular weight is 821 g/mol. The van der Waals surface area contributed by atoms with E-state index in [0.717, 1.165) is 17.1 Å². The third-order valence-corrected chi connectivity index (χ3v) is 14.1. The predicted molar refractivity (Wildman–Crippen MR) is 271 cm³/mol. The highest BCUT2D eigenvalue weighted by Crippen LogP contribution is 2.55. The van der Waals surface area contributed by atoms with Crippen molar-refractivity contribution in [3.05, 3.63) is 240 Å². The van der Waals surface area contributed by atoms with Gasteiger partial charge in [0.2, 0.25) is 0 Å². The summed E-state index contributed by atoms with van der Waals surface area (Å²) >= 11 is 0. The Balaban J connectivity index is 0.849. The molecule has 2 aliphatic carbocycles. The van der Waals surface area contributed by atoms with Crippen LogP contribution in [0, 0.1) is 0 Å². The molecule has 0 N–H and O–H groups in total. The Kier molecular flexibility index (Phi) is 8.58. The largest absolute Gasteiger partial charge is 0.311 e. The maximum atomic E-state index is 2.49. The van der Waals surface area contributed by atoms with Gasteiger partial charge in [0.05, 0.1) is 11.0 Å². The van der Waals surface area contributed by atoms with Crippen LogP contribution in [0.1, 0.15) is 61.1 Å². The fourth-order valence-corrected chi connectivity index (χ4v) is 10.9. The summed E-state index contributed by atoms with van der Waals surface area (Å²) in [5.41, 5.74) is 22.6. The number of nitrogens with zero attached hydrogens (tertiary/aromatic N) is 2. The first-order valence-corrected chi connectivity index (χ1v) is 22.5. The summed E-state index contributed by atoms with van der Waals surface area (Å²) in [6.45, 7) is 9.61. The summed E-state index contributed by atoms with van der Waals surface area (Å²) < 4.78 is 2.49. The van der Waals surface area contributed by atoms with Gasteiger partial charge >= 0.3 is 0 Å². The van der Waals surface area contributed by atoms with Crippen LogP contribution in [0.4, 0.5) is 17.1 Å². The molecule has 64 heavy (non-hydrogen) atoms. The first-order valence-electron chi connectivity index (χ1n) is 22.5. The van der Waals surface area contributed by atoms with Crippen LogP contribution in [0.3, 0.4) is 0 Å². The van der Waals surface area contributed by atoms with E-state index in [2.05, 4.69) is 256 Å². The van der Waals surface area contributed by atoms with Crippen LogP contribution >= 0.6 is 0 Å². The molecule has 0 fully saturated rings. The zero-order valence-corrected chi connectivity index (χ0v) is 36.7. The molecule has 0 radical (unpaired) electrons. The van der Waals surface area contributed by atoms with E-state index >= 15 is 0 Å². The lowest BCUT2D eigenvalue weighted by atomic mass is 9.79. The second-order valence-electron chi connectivity index (χ2n) is 18.6. The molecule has 0 aliphatic heterocycles. The fraction of sp³-hybridized carbons (Fsp3) is 0.0968. The Morgan fingerprint density at radius 3 is 1.53 bits per heavy atom. The van der Waals surface area contributed by atoms with Gasteiger partial charge in [-0.25, -0.2) is 0 Å². The molecular formula is C62H48N2. The zero-order chi connectivity index (χ0) is 43.2. The summed E-state index contributed by atoms with van der Waals surface area (Å²) in [6.07, 6.45) is 4.48. The van der Waals surface area contributed by atoms with Crippen LogP contribution in [-0.2, 0) is 10.8 Å². The van der Waals surface area contributed by atoms with Crippen molar-refractivity contribution in [3.8, 4) is 39.1 Å². The Morgan fingerprint density at radius 1 is 0.391 bits per heavy atom. The number of hydrogen-bond acceptors (Lipinski definition) is 1. The highest BCUT2D eigenvalue weighted by Gasteiger charge is 2.40. The lowest BCUT2D eigenvalue weighted by Gasteiger charge is -2.25. The van der Waals surface area contributed by atoms with E-state index in [-0.39, 0.29) is 10.8 Å². The third kappa shape index (κ3) is 5.86. The van der Waals surface area contributed by atoms with Gasteiger partial charge in [0.1, 0.15) is 0 Å². The molecule has 306 valence electrons. The SMILES string of the molecule is CC1(C)c2cc(C=Cc3ccc(N(c4ccccc4)c4ccccc4)cc3)ccc2-c2ccc(-c3ccc4c(c3)C(C)(C)c3c-4ccc4c5ccccc5n(-c5ccccc5)c34)cc21. The minimum Gasteiger partial charge on any atom is -0.311 e. The quantitative estimate of drug-likeness (QED) is 0.145. The topological polar surface area (TPSA) is 8.17 Å². The van der Waals surface area contributed by atoms with Crippen LogP contribution in [0.2, 0.25) is 0 Å². The van der Waals surface area contributed by atoms with Gasteiger partial charge in [-0.1, -0.05) is 179 Å². The van der Waals surface area contributed by atoms with Crippen molar-refractivity contribution in [2.24, 2.45) is 0 Å². The molecule has 0 saturated carbocycles. The lowest BCUT2D eigenvalue weighted by molar-refractivity contribution is 0.660. The minimum atomic E-state index is -0.204. The standard InChI is InChI=1S/C62H48N2/c1-61(2)55-38-42(25-24-41-26-31-48(32-27-41)63(45-16-8-5-9-17-45)46-18-10-6-11-19-46)28-33-49(55)50-34-29-43(39-56(50)61)44-30-35-51-53-36-37-54-52-22-14-15-23-58(52)64(47-20-12-7-13-21-47)60(54)59(53)62(3,4)57(51)40-44/h5-40H,1-4H3. The van der Waals surface area contributed by atoms with Crippen molar-refractivity contribution in [2.75, 3.05) is 4.90 Å². The summed E-state index contributed by atoms with van der Waals surface area (Å²) in [5.74, 6) is 0. The Morgan fingerprint density at radius 2 is 0.875 bits per heavy atom. The van der Waals surface area contributed by atoms with Crippen LogP contribution in [-0.4, -0.2) is 4.57 Å². The predicted octanol–water partition coefficient (Wildman–Crippen LogP) is 16.7. The van der Waals surface area contributed by atoms with Crippen molar-refractivity contribution < 1.29 is 0 Å². The molecule has 9 aromatic carbocycles. The highest BCUT2D eigenvalue weighted by atomic mass is 15.1. The van der Waals surface area contributed by atoms with Gasteiger partial charge in [-0.05, 0) is 133 Å². The molecule has 1 heterocycles. The van der Waals surface area contributed by atoms with E-state index in [0.29, 0.717) is 0 Å². The molecule has 0 amide bonds. The molecule has 2 nitrogen and oxygen atoms in total. The van der Waals surface area contributed by atoms with Crippen LogP contribution in [0.15, 0.2) is 206 Å². The number of rotatable bonds is 7. The van der Waals surface area contributed by atoms with Crippen LogP contribution in [0.5, 0.6) is 0 Å². The molecule has 10 aromatic rings. The van der Waals surface area contributed by atoms with Crippen LogP contribution in [0.25, 0.3) is 73.0 Å². The highest BCUT2D eigenvalue weighted by molar-refractivity contribution is 6.13. The molecule has 0 spiro atoms. The Hall–Kier alpha value is -7.68. The van der Waals surface area contributed by atoms with Gasteiger partial charge < -0.3 is 9.47 Å². The summed E-state index contributed by atoms with van der Waals surface area (Å²) in [4.78, 5) is 2.30. The van der Waals surface area contributed by atoms with Crippen molar-refractivity contribution >= 4 is 51.0 Å². The van der Waals surface area contributed by atoms with Crippen molar-refractivity contribution in [1.29, 1.82) is 0 Å². The first-order chi connectivity index (χ1) is 31.3. The second-order valence-corrected chi connectivity index (χ2v) is 18.6. The molecule has 2 aliphatic rings. The van der Waals surface area contributed by atoms with Gasteiger partial charge in [0.15, 0.2) is 0 Å². The normalized spacial score (nSPS) is 14.1. The fourth-order valence-electron chi connectivity index (χ4n) is 10.9. The lowest BCUT2D eigenvalue weighted by Crippen LogP contribution is -2.17. The molecule has 1 aromatic heterocycles. The van der Waals surface area contributed by atoms with E-state index in [1.807, 2.05) is 0 Å². The van der Waals surface area contributed by atoms with Gasteiger partial charge in [-0.15, -0.1) is 0 Å². The second kappa shape index (κ2) is 14.4. The number of benzene rings is 9. The molecule has 2 heteroatoms. The zero-order valence-electron chi connectivity index (χ0n) is 36.7. The summed E-state index contributed by atoms with van der Waals surface area (Å²) in [5, 5.41) is 2.60. The maximum absolute atomic E-state index is 2.49. The van der Waals surface area contributed by atoms with E-state index in [4.69, 9.17) is 0 Å². The number of fused-ring (bicyclic) bond motifs is 10. The summed E-state index contributed by atoms with van der Waals surface area (Å²) in [7, 11) is 0. The van der Waals surface area contributed by atoms with Gasteiger partial charge in [0, 0.05) is 44.4 Å². The Bertz CT molecular complexity index is 3420. The van der Waals surface area contributed by atoms with E-state index in [1.165, 1.54) is 94.3 Å². The number of para-hydroxylation sites is 4. The van der Waals surface area contributed by atoms with Crippen molar-refractivity contribution in [1.82, 2.24) is 4.57 Å². The van der Waals surface area contributed by atoms with Crippen molar-refractivity contribution in [2.45, 2.75) is 38.5 Å². The van der Waals surface area contributed by atoms with E-state index < -0.39 is 0 Å². The summed E-state index contributed by atoms with van der Waals surface area (Å²) in [6, 6.07) is 75.7. The maximum Gasteiger partial charge on any atom is 0.0588 e. The molecule has 0 bridgehead atoms. The van der Waals surface area contributed by atoms with Gasteiger partial charge in [-0.3, -0.25) is 0 Å². The smallest absolute Gasteiger partial charge is 0.0588 e. The van der Waals surface area contributed by atoms with E-state index in [9.17, 15) is 0 Å². The molecule has 12 rings (SSSR count). The number of hydrogen-bond donors (Lipinski definition) is 0. The van der Waals surface area contributed by atoms with Gasteiger partial charge in [0.25, 0.3) is 0 Å². The van der Waals surface area contributed by atoms with E-state index in [1.54, 1.807) is 0 Å². The van der Waals surface area contributed by atoms with Crippen molar-refractivity contribution in [3.63, 3.8) is 0 Å². The average Bonchev–Trinajstić information content (AvgIpc) is 3.88. The molecule has 0 saturated heterocycles. The third-order valence-electron chi connectivity index (χ3n) is 14.1. The number of aromatic nitrogens is 1. The minimum absolute atomic E-state index is 0.146. The number of anilines is 3. The molecular weight excluding hydrogens is 773 g/mol. The Labute approximate surface area is 376 Å². The van der Waals surface area contributed by atoms with Gasteiger partial charge in [-0.2, -0.15) is 0 Å². The van der Waals surface area contributed by atoms with Crippen LogP contribution < -0.4 is 4.90 Å². The first kappa shape index (κ1) is 38.0.